The van der Waals surface area contributed by atoms with Crippen LogP contribution in [0.15, 0.2) is 0 Å². The molecule has 2 heterocycles. The number of carbonyl (C=O) groups excluding carboxylic acids is 1. The van der Waals surface area contributed by atoms with Gasteiger partial charge in [-0.15, -0.1) is 0 Å². The number of fused-ring (bicyclic) bond motifs is 1. The molecule has 2 aliphatic heterocycles. The van der Waals surface area contributed by atoms with Crippen molar-refractivity contribution >= 4 is 11.8 Å². The molecule has 0 spiro atoms. The molecule has 5 heteroatoms. The standard InChI is InChI=1S/C10H16N2O3/c13-9-6-11-4-1-5-12-7(9)2-3-8(12)10(14)15/h7-8,11H,1-6H2,(H,14,15). The maximum Gasteiger partial charge on any atom is 0.320 e. The summed E-state index contributed by atoms with van der Waals surface area (Å²) in [4.78, 5) is 24.6. The largest absolute Gasteiger partial charge is 0.480 e. The lowest BCUT2D eigenvalue weighted by Crippen LogP contribution is -2.49. The topological polar surface area (TPSA) is 69.6 Å². The average molecular weight is 212 g/mol. The molecule has 2 saturated heterocycles. The first-order valence-corrected chi connectivity index (χ1v) is 5.42. The summed E-state index contributed by atoms with van der Waals surface area (Å²) in [7, 11) is 0. The molecule has 2 aliphatic rings. The quantitative estimate of drug-likeness (QED) is 0.611. The van der Waals surface area contributed by atoms with Gasteiger partial charge in [-0.2, -0.15) is 0 Å². The summed E-state index contributed by atoms with van der Waals surface area (Å²) in [6.45, 7) is 1.88. The molecular weight excluding hydrogens is 196 g/mol. The summed E-state index contributed by atoms with van der Waals surface area (Å²) in [5.74, 6) is -0.655. The van der Waals surface area contributed by atoms with E-state index in [2.05, 4.69) is 5.32 Å². The average Bonchev–Trinajstić information content (AvgIpc) is 2.57. The summed E-state index contributed by atoms with van der Waals surface area (Å²) in [5, 5.41) is 12.1. The highest BCUT2D eigenvalue weighted by Crippen LogP contribution is 2.25. The molecule has 2 rings (SSSR count). The Morgan fingerprint density at radius 1 is 1.47 bits per heavy atom. The molecule has 15 heavy (non-hydrogen) atoms. The Bertz CT molecular complexity index is 280. The Labute approximate surface area is 88.4 Å². The zero-order chi connectivity index (χ0) is 10.8. The van der Waals surface area contributed by atoms with Crippen LogP contribution in [0.5, 0.6) is 0 Å². The van der Waals surface area contributed by atoms with E-state index < -0.39 is 12.0 Å². The number of Topliss-reactive ketones (excluding diaryl/α,β-unsaturated/α-hetero) is 1. The second kappa shape index (κ2) is 4.28. The lowest BCUT2D eigenvalue weighted by Gasteiger charge is -2.29. The highest BCUT2D eigenvalue weighted by molar-refractivity contribution is 5.87. The van der Waals surface area contributed by atoms with Crippen molar-refractivity contribution in [2.75, 3.05) is 19.6 Å². The Morgan fingerprint density at radius 2 is 2.27 bits per heavy atom. The molecule has 0 bridgehead atoms. The molecule has 0 radical (unpaired) electrons. The van der Waals surface area contributed by atoms with E-state index in [0.29, 0.717) is 25.9 Å². The molecule has 0 aromatic carbocycles. The predicted molar refractivity (Wildman–Crippen MR) is 53.6 cm³/mol. The van der Waals surface area contributed by atoms with Crippen molar-refractivity contribution in [3.8, 4) is 0 Å². The Morgan fingerprint density at radius 3 is 3.00 bits per heavy atom. The van der Waals surface area contributed by atoms with Gasteiger partial charge in [0.1, 0.15) is 6.04 Å². The predicted octanol–water partition coefficient (Wildman–Crippen LogP) is -0.534. The van der Waals surface area contributed by atoms with Crippen molar-refractivity contribution in [2.45, 2.75) is 31.3 Å². The van der Waals surface area contributed by atoms with Gasteiger partial charge in [0.05, 0.1) is 12.6 Å². The monoisotopic (exact) mass is 212 g/mol. The van der Waals surface area contributed by atoms with E-state index in [4.69, 9.17) is 5.11 Å². The van der Waals surface area contributed by atoms with E-state index in [9.17, 15) is 9.59 Å². The van der Waals surface area contributed by atoms with Gasteiger partial charge in [0, 0.05) is 6.54 Å². The smallest absolute Gasteiger partial charge is 0.320 e. The van der Waals surface area contributed by atoms with Gasteiger partial charge in [-0.3, -0.25) is 14.5 Å². The Hall–Kier alpha value is -0.940. The molecule has 0 aliphatic carbocycles. The zero-order valence-electron chi connectivity index (χ0n) is 8.61. The van der Waals surface area contributed by atoms with Gasteiger partial charge in [0.25, 0.3) is 0 Å². The van der Waals surface area contributed by atoms with Crippen molar-refractivity contribution in [1.82, 2.24) is 10.2 Å². The molecule has 2 N–H and O–H groups in total. The van der Waals surface area contributed by atoms with Crippen molar-refractivity contribution in [2.24, 2.45) is 0 Å². The molecule has 2 atom stereocenters. The number of carboxylic acid groups (broad SMARTS) is 1. The maximum absolute atomic E-state index is 11.7. The number of aliphatic carboxylic acids is 1. The molecule has 0 saturated carbocycles. The minimum atomic E-state index is -0.793. The van der Waals surface area contributed by atoms with E-state index in [1.165, 1.54) is 0 Å². The van der Waals surface area contributed by atoms with Crippen LogP contribution < -0.4 is 5.32 Å². The second-order valence-corrected chi connectivity index (χ2v) is 4.18. The van der Waals surface area contributed by atoms with Crippen molar-refractivity contribution in [3.05, 3.63) is 0 Å². The fourth-order valence-corrected chi connectivity index (χ4v) is 2.50. The summed E-state index contributed by atoms with van der Waals surface area (Å²) in [5.41, 5.74) is 0. The van der Waals surface area contributed by atoms with Gasteiger partial charge in [-0.1, -0.05) is 0 Å². The second-order valence-electron chi connectivity index (χ2n) is 4.18. The minimum Gasteiger partial charge on any atom is -0.480 e. The molecule has 0 aromatic rings. The van der Waals surface area contributed by atoms with Crippen LogP contribution in [-0.4, -0.2) is 53.5 Å². The molecule has 0 amide bonds. The van der Waals surface area contributed by atoms with Crippen molar-refractivity contribution < 1.29 is 14.7 Å². The van der Waals surface area contributed by atoms with Crippen LogP contribution in [0.2, 0.25) is 0 Å². The maximum atomic E-state index is 11.7. The van der Waals surface area contributed by atoms with Gasteiger partial charge in [-0.05, 0) is 25.8 Å². The van der Waals surface area contributed by atoms with Gasteiger partial charge in [0.2, 0.25) is 0 Å². The lowest BCUT2D eigenvalue weighted by atomic mass is 10.1. The molecule has 2 unspecified atom stereocenters. The van der Waals surface area contributed by atoms with Crippen molar-refractivity contribution in [1.29, 1.82) is 0 Å². The third kappa shape index (κ3) is 2.03. The fourth-order valence-electron chi connectivity index (χ4n) is 2.50. The number of hydrogen-bond donors (Lipinski definition) is 2. The number of hydrogen-bond acceptors (Lipinski definition) is 4. The fraction of sp³-hybridized carbons (Fsp3) is 0.800. The Kier molecular flexibility index (Phi) is 3.02. The van der Waals surface area contributed by atoms with E-state index in [-0.39, 0.29) is 11.8 Å². The summed E-state index contributed by atoms with van der Waals surface area (Å²) in [6.07, 6.45) is 2.21. The highest BCUT2D eigenvalue weighted by Gasteiger charge is 2.40. The van der Waals surface area contributed by atoms with Gasteiger partial charge < -0.3 is 10.4 Å². The van der Waals surface area contributed by atoms with Crippen LogP contribution in [0.1, 0.15) is 19.3 Å². The summed E-state index contributed by atoms with van der Waals surface area (Å²) < 4.78 is 0. The molecule has 0 aromatic heterocycles. The lowest BCUT2D eigenvalue weighted by molar-refractivity contribution is -0.143. The van der Waals surface area contributed by atoms with Crippen LogP contribution in [-0.2, 0) is 9.59 Å². The molecular formula is C10H16N2O3. The van der Waals surface area contributed by atoms with Crippen LogP contribution in [0.25, 0.3) is 0 Å². The van der Waals surface area contributed by atoms with Gasteiger partial charge >= 0.3 is 5.97 Å². The first-order chi connectivity index (χ1) is 7.20. The third-order valence-electron chi connectivity index (χ3n) is 3.24. The zero-order valence-corrected chi connectivity index (χ0v) is 8.61. The number of nitrogens with zero attached hydrogens (tertiary/aromatic N) is 1. The van der Waals surface area contributed by atoms with Crippen LogP contribution in [0.4, 0.5) is 0 Å². The highest BCUT2D eigenvalue weighted by atomic mass is 16.4. The van der Waals surface area contributed by atoms with Crippen LogP contribution in [0, 0.1) is 0 Å². The van der Waals surface area contributed by atoms with E-state index in [1.807, 2.05) is 4.90 Å². The number of nitrogens with one attached hydrogen (secondary N) is 1. The SMILES string of the molecule is O=C(O)C1CCC2C(=O)CNCCCN12. The van der Waals surface area contributed by atoms with Gasteiger partial charge in [0.15, 0.2) is 5.78 Å². The third-order valence-corrected chi connectivity index (χ3v) is 3.24. The van der Waals surface area contributed by atoms with Crippen LogP contribution in [0.3, 0.4) is 0 Å². The van der Waals surface area contributed by atoms with E-state index in [0.717, 1.165) is 13.0 Å². The molecule has 2 fully saturated rings. The Balaban J connectivity index is 2.12. The minimum absolute atomic E-state index is 0.137. The first-order valence-electron chi connectivity index (χ1n) is 5.42. The van der Waals surface area contributed by atoms with E-state index >= 15 is 0 Å². The molecule has 5 nitrogen and oxygen atoms in total. The normalized spacial score (nSPS) is 33.2. The molecule has 84 valence electrons. The number of rotatable bonds is 1. The van der Waals surface area contributed by atoms with E-state index in [1.54, 1.807) is 0 Å². The summed E-state index contributed by atoms with van der Waals surface area (Å²) >= 11 is 0. The number of carboxylic acids is 1. The number of carbonyl (C=O) groups is 2. The summed E-state index contributed by atoms with van der Waals surface area (Å²) in [6, 6.07) is -0.615. The number of ketones is 1. The van der Waals surface area contributed by atoms with Crippen LogP contribution >= 0.6 is 0 Å². The van der Waals surface area contributed by atoms with Crippen molar-refractivity contribution in [3.63, 3.8) is 0 Å². The van der Waals surface area contributed by atoms with Gasteiger partial charge in [-0.25, -0.2) is 0 Å². The first kappa shape index (κ1) is 10.6.